The van der Waals surface area contributed by atoms with Crippen molar-refractivity contribution in [1.82, 2.24) is 0 Å². The number of hydrogen-bond donors (Lipinski definition) is 2. The molecular formula is C29H35ClO4S. The van der Waals surface area contributed by atoms with Crippen LogP contribution in [0.25, 0.3) is 0 Å². The SMILES string of the molecule is CC[C@]12CC[C@@H]3c4ccc(O)cc4CC[C@H]3[C@@H]1CC=C(Cl)[C@@]2(O)CCc1ccc(S(C)(=O)=O)cc1. The summed E-state index contributed by atoms with van der Waals surface area (Å²) in [6.45, 7) is 2.20. The Morgan fingerprint density at radius 2 is 1.86 bits per heavy atom. The van der Waals surface area contributed by atoms with Gasteiger partial charge in [-0.1, -0.05) is 42.8 Å². The molecule has 0 radical (unpaired) electrons. The highest BCUT2D eigenvalue weighted by molar-refractivity contribution is 7.90. The minimum Gasteiger partial charge on any atom is -0.508 e. The molecule has 6 heteroatoms. The molecule has 0 heterocycles. The molecule has 0 bridgehead atoms. The molecule has 0 aromatic heterocycles. The molecule has 3 aliphatic rings. The second kappa shape index (κ2) is 8.93. The first-order chi connectivity index (χ1) is 16.6. The summed E-state index contributed by atoms with van der Waals surface area (Å²) in [5.41, 5.74) is 2.28. The van der Waals surface area contributed by atoms with Crippen molar-refractivity contribution in [2.75, 3.05) is 6.26 Å². The molecule has 5 atom stereocenters. The third-order valence-electron chi connectivity index (χ3n) is 9.45. The predicted molar refractivity (Wildman–Crippen MR) is 139 cm³/mol. The van der Waals surface area contributed by atoms with E-state index < -0.39 is 15.4 Å². The van der Waals surface area contributed by atoms with Crippen molar-refractivity contribution < 1.29 is 18.6 Å². The van der Waals surface area contributed by atoms with Crippen LogP contribution in [0.15, 0.2) is 58.5 Å². The van der Waals surface area contributed by atoms with Gasteiger partial charge in [-0.3, -0.25) is 0 Å². The van der Waals surface area contributed by atoms with E-state index in [4.69, 9.17) is 11.6 Å². The number of aliphatic hydroxyl groups is 1. The van der Waals surface area contributed by atoms with Crippen LogP contribution in [0, 0.1) is 17.3 Å². The first-order valence-electron chi connectivity index (χ1n) is 12.8. The van der Waals surface area contributed by atoms with E-state index in [1.165, 1.54) is 17.4 Å². The maximum Gasteiger partial charge on any atom is 0.175 e. The quantitative estimate of drug-likeness (QED) is 0.502. The van der Waals surface area contributed by atoms with Crippen LogP contribution < -0.4 is 0 Å². The molecule has 5 rings (SSSR count). The number of halogens is 1. The highest BCUT2D eigenvalue weighted by Gasteiger charge is 2.61. The van der Waals surface area contributed by atoms with E-state index in [1.54, 1.807) is 12.1 Å². The number of sulfone groups is 1. The van der Waals surface area contributed by atoms with Crippen molar-refractivity contribution in [1.29, 1.82) is 0 Å². The first-order valence-corrected chi connectivity index (χ1v) is 15.1. The van der Waals surface area contributed by atoms with Gasteiger partial charge < -0.3 is 10.2 Å². The maximum atomic E-state index is 12.3. The van der Waals surface area contributed by atoms with Crippen molar-refractivity contribution in [2.45, 2.75) is 74.7 Å². The van der Waals surface area contributed by atoms with Gasteiger partial charge in [0.05, 0.1) is 4.90 Å². The molecule has 2 aromatic carbocycles. The number of rotatable bonds is 5. The summed E-state index contributed by atoms with van der Waals surface area (Å²) >= 11 is 6.84. The van der Waals surface area contributed by atoms with Crippen LogP contribution in [-0.2, 0) is 22.7 Å². The molecule has 4 nitrogen and oxygen atoms in total. The zero-order chi connectivity index (χ0) is 25.0. The van der Waals surface area contributed by atoms with Crippen molar-refractivity contribution in [2.24, 2.45) is 17.3 Å². The van der Waals surface area contributed by atoms with Crippen LogP contribution in [0.2, 0.25) is 0 Å². The second-order valence-electron chi connectivity index (χ2n) is 10.9. The first kappa shape index (κ1) is 24.9. The summed E-state index contributed by atoms with van der Waals surface area (Å²) in [7, 11) is -3.23. The predicted octanol–water partition coefficient (Wildman–Crippen LogP) is 6.14. The van der Waals surface area contributed by atoms with Gasteiger partial charge in [-0.25, -0.2) is 8.42 Å². The van der Waals surface area contributed by atoms with Crippen LogP contribution in [0.1, 0.15) is 68.1 Å². The number of phenols is 1. The molecule has 1 saturated carbocycles. The molecule has 2 aromatic rings. The van der Waals surface area contributed by atoms with Crippen molar-refractivity contribution in [3.05, 3.63) is 70.3 Å². The van der Waals surface area contributed by atoms with Crippen LogP contribution in [0.4, 0.5) is 0 Å². The van der Waals surface area contributed by atoms with Crippen molar-refractivity contribution in [3.63, 3.8) is 0 Å². The third kappa shape index (κ3) is 4.04. The van der Waals surface area contributed by atoms with Gasteiger partial charge >= 0.3 is 0 Å². The second-order valence-corrected chi connectivity index (χ2v) is 13.3. The summed E-state index contributed by atoms with van der Waals surface area (Å²) < 4.78 is 23.6. The lowest BCUT2D eigenvalue weighted by atomic mass is 9.45. The number of fused-ring (bicyclic) bond motifs is 5. The maximum absolute atomic E-state index is 12.3. The largest absolute Gasteiger partial charge is 0.508 e. The highest BCUT2D eigenvalue weighted by atomic mass is 35.5. The molecule has 35 heavy (non-hydrogen) atoms. The molecular weight excluding hydrogens is 480 g/mol. The molecule has 0 aliphatic heterocycles. The summed E-state index contributed by atoms with van der Waals surface area (Å²) in [5.74, 6) is 1.64. The number of allylic oxidation sites excluding steroid dienone is 1. The van der Waals surface area contributed by atoms with E-state index in [-0.39, 0.29) is 5.41 Å². The van der Waals surface area contributed by atoms with E-state index in [9.17, 15) is 18.6 Å². The average molecular weight is 515 g/mol. The number of phenolic OH excluding ortho intramolecular Hbond substituents is 1. The van der Waals surface area contributed by atoms with Crippen LogP contribution in [-0.4, -0.2) is 30.5 Å². The lowest BCUT2D eigenvalue weighted by Crippen LogP contribution is -2.59. The summed E-state index contributed by atoms with van der Waals surface area (Å²) in [6.07, 6.45) is 10.2. The number of hydrogen-bond acceptors (Lipinski definition) is 4. The van der Waals surface area contributed by atoms with Crippen LogP contribution >= 0.6 is 11.6 Å². The molecule has 0 saturated heterocycles. The van der Waals surface area contributed by atoms with Gasteiger partial charge in [0.15, 0.2) is 9.84 Å². The van der Waals surface area contributed by atoms with Gasteiger partial charge in [-0.2, -0.15) is 0 Å². The zero-order valence-electron chi connectivity index (χ0n) is 20.5. The highest BCUT2D eigenvalue weighted by Crippen LogP contribution is 2.65. The molecule has 2 N–H and O–H groups in total. The molecule has 1 fully saturated rings. The lowest BCUT2D eigenvalue weighted by molar-refractivity contribution is -0.142. The van der Waals surface area contributed by atoms with E-state index in [1.807, 2.05) is 24.3 Å². The summed E-state index contributed by atoms with van der Waals surface area (Å²) in [6, 6.07) is 12.8. The molecule has 0 amide bonds. The Kier molecular flexibility index (Phi) is 6.34. The van der Waals surface area contributed by atoms with Crippen molar-refractivity contribution in [3.8, 4) is 5.75 Å². The Hall–Kier alpha value is -1.82. The fraction of sp³-hybridized carbons (Fsp3) is 0.517. The zero-order valence-corrected chi connectivity index (χ0v) is 22.1. The van der Waals surface area contributed by atoms with Gasteiger partial charge in [-0.05, 0) is 110 Å². The lowest BCUT2D eigenvalue weighted by Gasteiger charge is -2.61. The minimum absolute atomic E-state index is 0.277. The van der Waals surface area contributed by atoms with E-state index in [0.29, 0.717) is 46.3 Å². The smallest absolute Gasteiger partial charge is 0.175 e. The summed E-state index contributed by atoms with van der Waals surface area (Å²) in [5, 5.41) is 22.9. The standard InChI is InChI=1S/C29H35ClO4S/c1-3-28-16-15-24-23-11-7-21(31)18-20(23)6-10-25(24)26(28)12-13-27(30)29(28,32)17-14-19-4-8-22(9-5-19)35(2,33)34/h4-5,7-9,11,13,18,24-26,31-32H,3,6,10,12,14-17H2,1-2H3/t24-,25-,26+,28+,29+/m1/s1. The van der Waals surface area contributed by atoms with Gasteiger partial charge in [0.2, 0.25) is 0 Å². The minimum atomic E-state index is -3.23. The fourth-order valence-corrected chi connectivity index (χ4v) is 8.67. The van der Waals surface area contributed by atoms with E-state index in [0.717, 1.165) is 44.1 Å². The molecule has 0 spiro atoms. The normalized spacial score (nSPS) is 32.2. The average Bonchev–Trinajstić information content (AvgIpc) is 2.84. The molecule has 3 aliphatic carbocycles. The van der Waals surface area contributed by atoms with Gasteiger partial charge in [0.25, 0.3) is 0 Å². The number of aryl methyl sites for hydroxylation is 2. The van der Waals surface area contributed by atoms with Crippen LogP contribution in [0.5, 0.6) is 5.75 Å². The Morgan fingerprint density at radius 3 is 2.54 bits per heavy atom. The van der Waals surface area contributed by atoms with Crippen molar-refractivity contribution >= 4 is 21.4 Å². The van der Waals surface area contributed by atoms with Gasteiger partial charge in [0.1, 0.15) is 11.4 Å². The number of aromatic hydroxyl groups is 1. The fourth-order valence-electron chi connectivity index (χ4n) is 7.66. The topological polar surface area (TPSA) is 74.6 Å². The van der Waals surface area contributed by atoms with Crippen LogP contribution in [0.3, 0.4) is 0 Å². The summed E-state index contributed by atoms with van der Waals surface area (Å²) in [4.78, 5) is 0.310. The Bertz CT molecular complexity index is 1250. The number of benzene rings is 2. The van der Waals surface area contributed by atoms with E-state index >= 15 is 0 Å². The Balaban J connectivity index is 1.44. The van der Waals surface area contributed by atoms with Gasteiger partial charge in [0, 0.05) is 16.7 Å². The molecule has 0 unspecified atom stereocenters. The Labute approximate surface area is 214 Å². The van der Waals surface area contributed by atoms with Gasteiger partial charge in [-0.15, -0.1) is 0 Å². The Morgan fingerprint density at radius 1 is 1.11 bits per heavy atom. The molecule has 188 valence electrons. The third-order valence-corrected chi connectivity index (χ3v) is 11.0. The van der Waals surface area contributed by atoms with E-state index in [2.05, 4.69) is 19.1 Å². The monoisotopic (exact) mass is 514 g/mol.